The largest absolute Gasteiger partial charge is 0.497 e. The van der Waals surface area contributed by atoms with E-state index in [2.05, 4.69) is 6.07 Å². The Morgan fingerprint density at radius 2 is 1.83 bits per heavy atom. The van der Waals surface area contributed by atoms with Gasteiger partial charge in [-0.3, -0.25) is 4.79 Å². The fraction of sp³-hybridized carbons (Fsp3) is 0.304. The molecule has 1 aliphatic rings. The molecule has 0 N–H and O–H groups in total. The molecule has 0 saturated heterocycles. The molecule has 1 atom stereocenters. The summed E-state index contributed by atoms with van der Waals surface area (Å²) in [5.74, 6) is 0.465. The van der Waals surface area contributed by atoms with E-state index in [9.17, 15) is 9.59 Å². The lowest BCUT2D eigenvalue weighted by molar-refractivity contribution is -0.155. The van der Waals surface area contributed by atoms with Crippen molar-refractivity contribution in [2.45, 2.75) is 26.0 Å². The monoisotopic (exact) mass is 395 g/mol. The van der Waals surface area contributed by atoms with E-state index in [4.69, 9.17) is 14.2 Å². The van der Waals surface area contributed by atoms with Gasteiger partial charge in [0.15, 0.2) is 6.10 Å². The molecule has 0 fully saturated rings. The van der Waals surface area contributed by atoms with Gasteiger partial charge < -0.3 is 19.1 Å². The quantitative estimate of drug-likeness (QED) is 0.555. The Morgan fingerprint density at radius 3 is 2.55 bits per heavy atom. The van der Waals surface area contributed by atoms with Crippen molar-refractivity contribution in [1.29, 1.82) is 0 Å². The Labute approximate surface area is 170 Å². The SMILES string of the molecule is COc1ccc(OC)c(/C=C/C(=O)O[C@@H](C)C(=O)N2CCc3ccccc3C2)c1. The molecule has 0 spiro atoms. The van der Waals surface area contributed by atoms with Crippen LogP contribution in [0.25, 0.3) is 6.08 Å². The number of benzene rings is 2. The Kier molecular flexibility index (Phi) is 6.54. The fourth-order valence-corrected chi connectivity index (χ4v) is 3.33. The van der Waals surface area contributed by atoms with Crippen molar-refractivity contribution in [3.8, 4) is 11.5 Å². The van der Waals surface area contributed by atoms with Crippen LogP contribution in [0.2, 0.25) is 0 Å². The summed E-state index contributed by atoms with van der Waals surface area (Å²) >= 11 is 0. The summed E-state index contributed by atoms with van der Waals surface area (Å²) in [6, 6.07) is 13.4. The normalized spacial score (nSPS) is 14.2. The Hall–Kier alpha value is -3.28. The third-order valence-corrected chi connectivity index (χ3v) is 4.92. The van der Waals surface area contributed by atoms with Crippen LogP contribution in [0.3, 0.4) is 0 Å². The molecule has 0 radical (unpaired) electrons. The number of rotatable bonds is 6. The van der Waals surface area contributed by atoms with Crippen LogP contribution < -0.4 is 9.47 Å². The predicted molar refractivity (Wildman–Crippen MR) is 110 cm³/mol. The highest BCUT2D eigenvalue weighted by Gasteiger charge is 2.26. The van der Waals surface area contributed by atoms with Gasteiger partial charge in [0, 0.05) is 24.7 Å². The van der Waals surface area contributed by atoms with Gasteiger partial charge in [-0.05, 0) is 48.7 Å². The molecule has 152 valence electrons. The lowest BCUT2D eigenvalue weighted by Crippen LogP contribution is -2.42. The standard InChI is InChI=1S/C23H25NO5/c1-16(23(26)24-13-12-17-6-4-5-7-19(17)15-24)29-22(25)11-8-18-14-20(27-2)9-10-21(18)28-3/h4-11,14,16H,12-13,15H2,1-3H3/b11-8+/t16-/m0/s1. The maximum absolute atomic E-state index is 12.7. The average Bonchev–Trinajstić information content (AvgIpc) is 2.76. The molecule has 1 aliphatic heterocycles. The maximum atomic E-state index is 12.7. The first-order chi connectivity index (χ1) is 14.0. The molecule has 0 bridgehead atoms. The van der Waals surface area contributed by atoms with E-state index >= 15 is 0 Å². The molecule has 2 aromatic carbocycles. The molecule has 0 unspecified atom stereocenters. The molecule has 0 saturated carbocycles. The number of methoxy groups -OCH3 is 2. The number of hydrogen-bond acceptors (Lipinski definition) is 5. The van der Waals surface area contributed by atoms with Gasteiger partial charge in [-0.2, -0.15) is 0 Å². The summed E-state index contributed by atoms with van der Waals surface area (Å²) < 4.78 is 15.8. The second-order valence-electron chi connectivity index (χ2n) is 6.80. The van der Waals surface area contributed by atoms with Crippen LogP contribution in [-0.4, -0.2) is 43.6 Å². The first kappa shape index (κ1) is 20.5. The van der Waals surface area contributed by atoms with Crippen LogP contribution in [0.15, 0.2) is 48.5 Å². The summed E-state index contributed by atoms with van der Waals surface area (Å²) in [7, 11) is 3.12. The lowest BCUT2D eigenvalue weighted by Gasteiger charge is -2.30. The summed E-state index contributed by atoms with van der Waals surface area (Å²) in [6.07, 6.45) is 2.81. The smallest absolute Gasteiger partial charge is 0.331 e. The summed E-state index contributed by atoms with van der Waals surface area (Å²) in [5.41, 5.74) is 3.07. The Morgan fingerprint density at radius 1 is 1.07 bits per heavy atom. The summed E-state index contributed by atoms with van der Waals surface area (Å²) in [5, 5.41) is 0. The molecule has 6 nitrogen and oxygen atoms in total. The highest BCUT2D eigenvalue weighted by Crippen LogP contribution is 2.25. The van der Waals surface area contributed by atoms with Crippen molar-refractivity contribution in [3.63, 3.8) is 0 Å². The minimum atomic E-state index is -0.857. The van der Waals surface area contributed by atoms with Gasteiger partial charge in [0.2, 0.25) is 0 Å². The van der Waals surface area contributed by atoms with Crippen molar-refractivity contribution < 1.29 is 23.8 Å². The molecule has 1 amide bonds. The van der Waals surface area contributed by atoms with Crippen LogP contribution >= 0.6 is 0 Å². The number of amides is 1. The van der Waals surface area contributed by atoms with Gasteiger partial charge in [-0.1, -0.05) is 24.3 Å². The molecule has 2 aromatic rings. The zero-order valence-corrected chi connectivity index (χ0v) is 16.9. The number of nitrogens with zero attached hydrogens (tertiary/aromatic N) is 1. The van der Waals surface area contributed by atoms with Crippen LogP contribution in [0.4, 0.5) is 0 Å². The van der Waals surface area contributed by atoms with Crippen LogP contribution in [0.1, 0.15) is 23.6 Å². The van der Waals surface area contributed by atoms with E-state index in [1.54, 1.807) is 50.3 Å². The number of ether oxygens (including phenoxy) is 3. The molecule has 3 rings (SSSR count). The highest BCUT2D eigenvalue weighted by molar-refractivity contribution is 5.90. The third kappa shape index (κ3) is 4.96. The van der Waals surface area contributed by atoms with Crippen molar-refractivity contribution in [1.82, 2.24) is 4.90 Å². The number of hydrogen-bond donors (Lipinski definition) is 0. The average molecular weight is 395 g/mol. The third-order valence-electron chi connectivity index (χ3n) is 4.92. The van der Waals surface area contributed by atoms with Gasteiger partial charge in [-0.25, -0.2) is 4.79 Å². The lowest BCUT2D eigenvalue weighted by atomic mass is 9.99. The fourth-order valence-electron chi connectivity index (χ4n) is 3.33. The minimum Gasteiger partial charge on any atom is -0.497 e. The molecule has 1 heterocycles. The van der Waals surface area contributed by atoms with Gasteiger partial charge in [0.05, 0.1) is 14.2 Å². The Balaban J connectivity index is 1.61. The Bertz CT molecular complexity index is 921. The van der Waals surface area contributed by atoms with Gasteiger partial charge in [-0.15, -0.1) is 0 Å². The van der Waals surface area contributed by atoms with E-state index < -0.39 is 12.1 Å². The van der Waals surface area contributed by atoms with E-state index in [-0.39, 0.29) is 5.91 Å². The second kappa shape index (κ2) is 9.28. The van der Waals surface area contributed by atoms with Crippen molar-refractivity contribution >= 4 is 18.0 Å². The number of carbonyl (C=O) groups excluding carboxylic acids is 2. The predicted octanol–water partition coefficient (Wildman–Crippen LogP) is 3.23. The van der Waals surface area contributed by atoms with Gasteiger partial charge >= 0.3 is 5.97 Å². The van der Waals surface area contributed by atoms with Crippen LogP contribution in [-0.2, 0) is 27.3 Å². The molecule has 0 aliphatic carbocycles. The highest BCUT2D eigenvalue weighted by atomic mass is 16.5. The molecular weight excluding hydrogens is 370 g/mol. The summed E-state index contributed by atoms with van der Waals surface area (Å²) in [4.78, 5) is 26.6. The van der Waals surface area contributed by atoms with Gasteiger partial charge in [0.25, 0.3) is 5.91 Å². The van der Waals surface area contributed by atoms with E-state index in [1.807, 2.05) is 18.2 Å². The van der Waals surface area contributed by atoms with Crippen molar-refractivity contribution in [2.24, 2.45) is 0 Å². The topological polar surface area (TPSA) is 65.1 Å². The molecular formula is C23H25NO5. The first-order valence-corrected chi connectivity index (χ1v) is 9.48. The van der Waals surface area contributed by atoms with Crippen molar-refractivity contribution in [2.75, 3.05) is 20.8 Å². The maximum Gasteiger partial charge on any atom is 0.331 e. The molecule has 29 heavy (non-hydrogen) atoms. The zero-order valence-electron chi connectivity index (χ0n) is 16.9. The van der Waals surface area contributed by atoms with Crippen LogP contribution in [0.5, 0.6) is 11.5 Å². The van der Waals surface area contributed by atoms with E-state index in [0.29, 0.717) is 30.2 Å². The summed E-state index contributed by atoms with van der Waals surface area (Å²) in [6.45, 7) is 2.75. The van der Waals surface area contributed by atoms with Gasteiger partial charge in [0.1, 0.15) is 11.5 Å². The van der Waals surface area contributed by atoms with E-state index in [0.717, 1.165) is 12.0 Å². The van der Waals surface area contributed by atoms with Crippen LogP contribution in [0, 0.1) is 0 Å². The zero-order chi connectivity index (χ0) is 20.8. The number of esters is 1. The number of fused-ring (bicyclic) bond motifs is 1. The molecule has 0 aromatic heterocycles. The van der Waals surface area contributed by atoms with Crippen molar-refractivity contribution in [3.05, 3.63) is 65.2 Å². The number of carbonyl (C=O) groups is 2. The molecule has 6 heteroatoms. The minimum absolute atomic E-state index is 0.194. The second-order valence-corrected chi connectivity index (χ2v) is 6.80. The first-order valence-electron chi connectivity index (χ1n) is 9.48. The van der Waals surface area contributed by atoms with E-state index in [1.165, 1.54) is 11.6 Å².